The number of hydrogen-bond acceptors (Lipinski definition) is 4. The summed E-state index contributed by atoms with van der Waals surface area (Å²) < 4.78 is 23.1. The molecule has 5 nitrogen and oxygen atoms in total. The lowest BCUT2D eigenvalue weighted by Gasteiger charge is -2.39. The zero-order valence-corrected chi connectivity index (χ0v) is 17.8. The van der Waals surface area contributed by atoms with Gasteiger partial charge in [0.05, 0.1) is 5.70 Å². The summed E-state index contributed by atoms with van der Waals surface area (Å²) >= 11 is 3.58. The van der Waals surface area contributed by atoms with Crippen LogP contribution >= 0.6 is 15.9 Å². The van der Waals surface area contributed by atoms with Crippen molar-refractivity contribution < 1.29 is 9.13 Å². The van der Waals surface area contributed by atoms with E-state index in [0.717, 1.165) is 38.2 Å². The molecule has 2 aliphatic heterocycles. The van der Waals surface area contributed by atoms with Crippen molar-refractivity contribution in [1.29, 1.82) is 0 Å². The van der Waals surface area contributed by atoms with E-state index in [-0.39, 0.29) is 18.0 Å². The average molecular weight is 475 g/mol. The van der Waals surface area contributed by atoms with E-state index < -0.39 is 0 Å². The second-order valence-corrected chi connectivity index (χ2v) is 8.40. The van der Waals surface area contributed by atoms with E-state index in [1.54, 1.807) is 12.1 Å². The lowest BCUT2D eigenvalue weighted by Crippen LogP contribution is -2.32. The summed E-state index contributed by atoms with van der Waals surface area (Å²) in [5.74, 6) is 1.15. The van der Waals surface area contributed by atoms with Crippen molar-refractivity contribution in [2.24, 2.45) is 0 Å². The van der Waals surface area contributed by atoms with Crippen molar-refractivity contribution in [1.82, 2.24) is 14.8 Å². The first-order valence-electron chi connectivity index (χ1n) is 9.86. The SMILES string of the molecule is Fc1ccc([C@@H]2C3=C(Nc4ncnn42)c2ccccc2O[C@H]3c2cccc(Br)c2)cc1. The molecule has 2 aliphatic rings. The number of hydrogen-bond donors (Lipinski definition) is 1. The summed E-state index contributed by atoms with van der Waals surface area (Å²) in [6.45, 7) is 0. The van der Waals surface area contributed by atoms with Crippen LogP contribution in [0.15, 0.2) is 89.2 Å². The molecule has 0 fully saturated rings. The molecule has 1 N–H and O–H groups in total. The number of nitrogens with one attached hydrogen (secondary N) is 1. The maximum absolute atomic E-state index is 13.7. The molecule has 7 heteroatoms. The molecule has 0 unspecified atom stereocenters. The van der Waals surface area contributed by atoms with E-state index in [2.05, 4.69) is 37.4 Å². The third-order valence-electron chi connectivity index (χ3n) is 5.66. The lowest BCUT2D eigenvalue weighted by atomic mass is 9.84. The van der Waals surface area contributed by atoms with Gasteiger partial charge in [-0.3, -0.25) is 0 Å². The summed E-state index contributed by atoms with van der Waals surface area (Å²) in [5.41, 5.74) is 4.83. The van der Waals surface area contributed by atoms with Crippen molar-refractivity contribution >= 4 is 27.6 Å². The van der Waals surface area contributed by atoms with E-state index >= 15 is 0 Å². The number of benzene rings is 3. The van der Waals surface area contributed by atoms with Gasteiger partial charge in [-0.25, -0.2) is 9.07 Å². The van der Waals surface area contributed by atoms with Crippen molar-refractivity contribution in [3.8, 4) is 5.75 Å². The Morgan fingerprint density at radius 2 is 1.81 bits per heavy atom. The number of anilines is 1. The molecule has 0 amide bonds. The highest BCUT2D eigenvalue weighted by molar-refractivity contribution is 9.10. The minimum Gasteiger partial charge on any atom is -0.480 e. The van der Waals surface area contributed by atoms with Gasteiger partial charge in [0.1, 0.15) is 30.0 Å². The monoisotopic (exact) mass is 474 g/mol. The Balaban J connectivity index is 1.63. The average Bonchev–Trinajstić information content (AvgIpc) is 3.26. The van der Waals surface area contributed by atoms with Gasteiger partial charge in [0, 0.05) is 15.6 Å². The molecular weight excluding hydrogens is 459 g/mol. The van der Waals surface area contributed by atoms with Gasteiger partial charge < -0.3 is 10.1 Å². The highest BCUT2D eigenvalue weighted by Gasteiger charge is 2.40. The van der Waals surface area contributed by atoms with Crippen LogP contribution in [0.25, 0.3) is 5.70 Å². The number of halogens is 2. The van der Waals surface area contributed by atoms with Crippen molar-refractivity contribution in [3.63, 3.8) is 0 Å². The minimum absolute atomic E-state index is 0.278. The molecule has 0 saturated carbocycles. The van der Waals surface area contributed by atoms with Crippen LogP contribution in [0.4, 0.5) is 10.3 Å². The highest BCUT2D eigenvalue weighted by Crippen LogP contribution is 2.50. The quantitative estimate of drug-likeness (QED) is 0.402. The molecule has 6 rings (SSSR count). The Morgan fingerprint density at radius 1 is 0.968 bits per heavy atom. The fourth-order valence-corrected chi connectivity index (χ4v) is 4.74. The molecule has 0 spiro atoms. The summed E-state index contributed by atoms with van der Waals surface area (Å²) in [4.78, 5) is 4.41. The molecule has 0 aliphatic carbocycles. The van der Waals surface area contributed by atoms with E-state index in [0.29, 0.717) is 5.95 Å². The first-order valence-corrected chi connectivity index (χ1v) is 10.7. The summed E-state index contributed by atoms with van der Waals surface area (Å²) in [6, 6.07) is 22.3. The van der Waals surface area contributed by atoms with E-state index in [9.17, 15) is 4.39 Å². The van der Waals surface area contributed by atoms with Crippen LogP contribution in [-0.4, -0.2) is 14.8 Å². The van der Waals surface area contributed by atoms with Gasteiger partial charge in [-0.1, -0.05) is 52.3 Å². The van der Waals surface area contributed by atoms with Crippen molar-refractivity contribution in [2.75, 3.05) is 5.32 Å². The van der Waals surface area contributed by atoms with Crippen LogP contribution in [0, 0.1) is 5.82 Å². The van der Waals surface area contributed by atoms with Gasteiger partial charge in [0.15, 0.2) is 0 Å². The topological polar surface area (TPSA) is 52.0 Å². The smallest absolute Gasteiger partial charge is 0.226 e. The number of ether oxygens (including phenoxy) is 1. The van der Waals surface area contributed by atoms with E-state index in [4.69, 9.17) is 4.74 Å². The molecule has 0 radical (unpaired) electrons. The van der Waals surface area contributed by atoms with Crippen LogP contribution in [0.5, 0.6) is 5.75 Å². The first-order chi connectivity index (χ1) is 15.2. The molecular formula is C24H16BrFN4O. The number of rotatable bonds is 2. The predicted octanol–water partition coefficient (Wildman–Crippen LogP) is 5.74. The van der Waals surface area contributed by atoms with Crippen molar-refractivity contribution in [2.45, 2.75) is 12.1 Å². The van der Waals surface area contributed by atoms with Crippen molar-refractivity contribution in [3.05, 3.63) is 112 Å². The van der Waals surface area contributed by atoms with E-state index in [1.165, 1.54) is 18.5 Å². The molecule has 31 heavy (non-hydrogen) atoms. The van der Waals surface area contributed by atoms with Gasteiger partial charge in [-0.15, -0.1) is 0 Å². The zero-order chi connectivity index (χ0) is 20.9. The Kier molecular flexibility index (Phi) is 4.17. The second kappa shape index (κ2) is 7.06. The molecule has 4 aromatic rings. The molecule has 0 bridgehead atoms. The number of fused-ring (bicyclic) bond motifs is 3. The molecule has 0 saturated heterocycles. The molecule has 1 aromatic heterocycles. The van der Waals surface area contributed by atoms with Gasteiger partial charge in [-0.2, -0.15) is 10.1 Å². The van der Waals surface area contributed by atoms with Crippen LogP contribution in [0.1, 0.15) is 28.8 Å². The Bertz CT molecular complexity index is 1330. The Labute approximate surface area is 186 Å². The lowest BCUT2D eigenvalue weighted by molar-refractivity contribution is 0.223. The highest BCUT2D eigenvalue weighted by atomic mass is 79.9. The maximum atomic E-state index is 13.7. The van der Waals surface area contributed by atoms with Gasteiger partial charge in [0.25, 0.3) is 0 Å². The minimum atomic E-state index is -0.359. The largest absolute Gasteiger partial charge is 0.480 e. The summed E-state index contributed by atoms with van der Waals surface area (Å²) in [6.07, 6.45) is 1.17. The fourth-order valence-electron chi connectivity index (χ4n) is 4.33. The number of para-hydroxylation sites is 1. The van der Waals surface area contributed by atoms with Crippen LogP contribution in [0.3, 0.4) is 0 Å². The fraction of sp³-hybridized carbons (Fsp3) is 0.0833. The van der Waals surface area contributed by atoms with Gasteiger partial charge in [-0.05, 0) is 47.5 Å². The molecule has 3 heterocycles. The number of nitrogens with zero attached hydrogens (tertiary/aromatic N) is 3. The van der Waals surface area contributed by atoms with Crippen LogP contribution < -0.4 is 10.1 Å². The van der Waals surface area contributed by atoms with Gasteiger partial charge >= 0.3 is 0 Å². The normalized spacial score (nSPS) is 19.0. The molecule has 2 atom stereocenters. The molecule has 3 aromatic carbocycles. The standard InChI is InChI=1S/C24H16BrFN4O/c25-16-5-3-4-15(12-16)23-20-21(18-6-1-2-7-19(18)31-23)29-24-27-13-28-30(24)22(20)14-8-10-17(26)11-9-14/h1-13,22-23H,(H,27,28,29)/t22-,23+/m1/s1. The second-order valence-electron chi connectivity index (χ2n) is 7.49. The van der Waals surface area contributed by atoms with Gasteiger partial charge in [0.2, 0.25) is 5.95 Å². The predicted molar refractivity (Wildman–Crippen MR) is 119 cm³/mol. The third-order valence-corrected chi connectivity index (χ3v) is 6.15. The first kappa shape index (κ1) is 18.3. The number of aromatic nitrogens is 3. The Morgan fingerprint density at radius 3 is 2.65 bits per heavy atom. The Hall–Kier alpha value is -3.45. The van der Waals surface area contributed by atoms with E-state index in [1.807, 2.05) is 47.1 Å². The van der Waals surface area contributed by atoms with Crippen LogP contribution in [0.2, 0.25) is 0 Å². The zero-order valence-electron chi connectivity index (χ0n) is 16.2. The summed E-state index contributed by atoms with van der Waals surface area (Å²) in [7, 11) is 0. The summed E-state index contributed by atoms with van der Waals surface area (Å²) in [5, 5.41) is 7.94. The maximum Gasteiger partial charge on any atom is 0.226 e. The van der Waals surface area contributed by atoms with Crippen LogP contribution in [-0.2, 0) is 0 Å². The third kappa shape index (κ3) is 2.96. The molecule has 152 valence electrons.